The number of halogens is 2. The van der Waals surface area contributed by atoms with Crippen molar-refractivity contribution in [3.63, 3.8) is 0 Å². The fraction of sp³-hybridized carbons (Fsp3) is 1.00. The van der Waals surface area contributed by atoms with Crippen LogP contribution in [-0.4, -0.2) is 12.5 Å². The molecule has 0 fully saturated rings. The van der Waals surface area contributed by atoms with Gasteiger partial charge in [0.2, 0.25) is 0 Å². The van der Waals surface area contributed by atoms with Gasteiger partial charge in [-0.25, -0.2) is 8.78 Å². The van der Waals surface area contributed by atoms with Gasteiger partial charge in [-0.15, -0.1) is 0 Å². The highest BCUT2D eigenvalue weighted by molar-refractivity contribution is 4.79. The predicted molar refractivity (Wildman–Crippen MR) is 42.6 cm³/mol. The molecule has 0 aliphatic rings. The minimum absolute atomic E-state index is 0.0711. The van der Waals surface area contributed by atoms with E-state index in [1.807, 2.05) is 0 Å². The first-order chi connectivity index (χ1) is 4.96. The van der Waals surface area contributed by atoms with E-state index in [4.69, 9.17) is 5.73 Å². The summed E-state index contributed by atoms with van der Waals surface area (Å²) in [5.74, 6) is -3.89. The number of alkyl halides is 2. The van der Waals surface area contributed by atoms with Crippen molar-refractivity contribution in [2.24, 2.45) is 17.6 Å². The Bertz CT molecular complexity index is 109. The van der Waals surface area contributed by atoms with Crippen LogP contribution in [0, 0.1) is 11.8 Å². The molecule has 0 aromatic carbocycles. The lowest BCUT2D eigenvalue weighted by Crippen LogP contribution is -2.38. The molecule has 0 aromatic rings. The molecule has 2 N–H and O–H groups in total. The lowest BCUT2D eigenvalue weighted by atomic mass is 9.90. The van der Waals surface area contributed by atoms with Crippen LogP contribution >= 0.6 is 0 Å². The number of nitrogens with two attached hydrogens (primary N) is 1. The third-order valence-corrected chi connectivity index (χ3v) is 2.09. The molecule has 0 aromatic heterocycles. The van der Waals surface area contributed by atoms with Gasteiger partial charge in [0.15, 0.2) is 0 Å². The molecule has 0 aliphatic heterocycles. The van der Waals surface area contributed by atoms with E-state index >= 15 is 0 Å². The Morgan fingerprint density at radius 3 is 1.91 bits per heavy atom. The minimum Gasteiger partial charge on any atom is -0.330 e. The van der Waals surface area contributed by atoms with Gasteiger partial charge in [-0.2, -0.15) is 0 Å². The first-order valence-corrected chi connectivity index (χ1v) is 4.04. The maximum atomic E-state index is 13.1. The highest BCUT2D eigenvalue weighted by Crippen LogP contribution is 2.33. The van der Waals surface area contributed by atoms with Crippen molar-refractivity contribution in [2.45, 2.75) is 33.1 Å². The van der Waals surface area contributed by atoms with Crippen LogP contribution in [0.3, 0.4) is 0 Å². The highest BCUT2D eigenvalue weighted by atomic mass is 19.3. The SMILES string of the molecule is CCC(CN)C(F)(F)C(C)C. The van der Waals surface area contributed by atoms with E-state index < -0.39 is 17.8 Å². The highest BCUT2D eigenvalue weighted by Gasteiger charge is 2.40. The van der Waals surface area contributed by atoms with Crippen LogP contribution in [0.2, 0.25) is 0 Å². The standard InChI is InChI=1S/C8H17F2N/c1-4-7(5-11)8(9,10)6(2)3/h6-7H,4-5,11H2,1-3H3. The molecule has 11 heavy (non-hydrogen) atoms. The first kappa shape index (κ1) is 10.8. The van der Waals surface area contributed by atoms with Crippen molar-refractivity contribution in [3.8, 4) is 0 Å². The van der Waals surface area contributed by atoms with Crippen molar-refractivity contribution in [2.75, 3.05) is 6.54 Å². The molecular formula is C8H17F2N. The van der Waals surface area contributed by atoms with Gasteiger partial charge in [0, 0.05) is 18.4 Å². The Morgan fingerprint density at radius 2 is 1.82 bits per heavy atom. The molecule has 0 aliphatic carbocycles. The van der Waals surface area contributed by atoms with Crippen molar-refractivity contribution in [1.29, 1.82) is 0 Å². The lowest BCUT2D eigenvalue weighted by molar-refractivity contribution is -0.0955. The summed E-state index contributed by atoms with van der Waals surface area (Å²) in [6.45, 7) is 4.87. The summed E-state index contributed by atoms with van der Waals surface area (Å²) in [7, 11) is 0. The normalized spacial score (nSPS) is 15.5. The molecule has 0 rings (SSSR count). The fourth-order valence-electron chi connectivity index (χ4n) is 1.07. The largest absolute Gasteiger partial charge is 0.330 e. The zero-order valence-electron chi connectivity index (χ0n) is 7.40. The van der Waals surface area contributed by atoms with Gasteiger partial charge in [0.1, 0.15) is 0 Å². The van der Waals surface area contributed by atoms with E-state index in [1.54, 1.807) is 6.92 Å². The molecule has 1 nitrogen and oxygen atoms in total. The molecule has 0 radical (unpaired) electrons. The molecule has 1 unspecified atom stereocenters. The molecule has 0 bridgehead atoms. The van der Waals surface area contributed by atoms with Gasteiger partial charge in [0.05, 0.1) is 0 Å². The topological polar surface area (TPSA) is 26.0 Å². The fourth-order valence-corrected chi connectivity index (χ4v) is 1.07. The lowest BCUT2D eigenvalue weighted by Gasteiger charge is -2.28. The average Bonchev–Trinajstić information content (AvgIpc) is 1.89. The van der Waals surface area contributed by atoms with Crippen molar-refractivity contribution < 1.29 is 8.78 Å². The van der Waals surface area contributed by atoms with E-state index in [1.165, 1.54) is 13.8 Å². The summed E-state index contributed by atoms with van der Waals surface area (Å²) in [4.78, 5) is 0. The molecule has 68 valence electrons. The second-order valence-electron chi connectivity index (χ2n) is 3.17. The molecule has 0 heterocycles. The Kier molecular flexibility index (Phi) is 3.93. The summed E-state index contributed by atoms with van der Waals surface area (Å²) in [6, 6.07) is 0. The zero-order valence-corrected chi connectivity index (χ0v) is 7.40. The van der Waals surface area contributed by atoms with Gasteiger partial charge in [-0.1, -0.05) is 20.8 Å². The van der Waals surface area contributed by atoms with E-state index in [9.17, 15) is 8.78 Å². The van der Waals surface area contributed by atoms with Crippen LogP contribution < -0.4 is 5.73 Å². The summed E-state index contributed by atoms with van der Waals surface area (Å²) in [6.07, 6.45) is 0.446. The van der Waals surface area contributed by atoms with E-state index in [-0.39, 0.29) is 6.54 Å². The van der Waals surface area contributed by atoms with Crippen LogP contribution in [0.4, 0.5) is 8.78 Å². The van der Waals surface area contributed by atoms with Gasteiger partial charge in [-0.05, 0) is 6.42 Å². The first-order valence-electron chi connectivity index (χ1n) is 4.04. The minimum atomic E-state index is -2.61. The Balaban J connectivity index is 4.24. The average molecular weight is 165 g/mol. The number of hydrogen-bond donors (Lipinski definition) is 1. The van der Waals surface area contributed by atoms with Crippen LogP contribution in [-0.2, 0) is 0 Å². The second-order valence-corrected chi connectivity index (χ2v) is 3.17. The monoisotopic (exact) mass is 165 g/mol. The Morgan fingerprint density at radius 1 is 1.36 bits per heavy atom. The molecule has 0 saturated heterocycles. The van der Waals surface area contributed by atoms with Crippen molar-refractivity contribution >= 4 is 0 Å². The molecule has 1 atom stereocenters. The zero-order chi connectivity index (χ0) is 9.07. The van der Waals surface area contributed by atoms with Crippen LogP contribution in [0.25, 0.3) is 0 Å². The van der Waals surface area contributed by atoms with Gasteiger partial charge < -0.3 is 5.73 Å². The van der Waals surface area contributed by atoms with E-state index in [2.05, 4.69) is 0 Å². The van der Waals surface area contributed by atoms with Crippen LogP contribution in [0.1, 0.15) is 27.2 Å². The summed E-state index contributed by atoms with van der Waals surface area (Å²) in [5.41, 5.74) is 5.23. The molecule has 3 heteroatoms. The quantitative estimate of drug-likeness (QED) is 0.679. The summed E-state index contributed by atoms with van der Waals surface area (Å²) >= 11 is 0. The number of hydrogen-bond acceptors (Lipinski definition) is 1. The maximum Gasteiger partial charge on any atom is 0.254 e. The predicted octanol–water partition coefficient (Wildman–Crippen LogP) is 2.26. The van der Waals surface area contributed by atoms with Gasteiger partial charge >= 0.3 is 0 Å². The third-order valence-electron chi connectivity index (χ3n) is 2.09. The molecular weight excluding hydrogens is 148 g/mol. The van der Waals surface area contributed by atoms with Crippen molar-refractivity contribution in [1.82, 2.24) is 0 Å². The van der Waals surface area contributed by atoms with E-state index in [0.717, 1.165) is 0 Å². The molecule has 0 spiro atoms. The smallest absolute Gasteiger partial charge is 0.254 e. The molecule has 0 saturated carbocycles. The van der Waals surface area contributed by atoms with Gasteiger partial charge in [-0.3, -0.25) is 0 Å². The number of rotatable bonds is 4. The van der Waals surface area contributed by atoms with Crippen LogP contribution in [0.5, 0.6) is 0 Å². The van der Waals surface area contributed by atoms with Crippen molar-refractivity contribution in [3.05, 3.63) is 0 Å². The molecule has 0 amide bonds. The van der Waals surface area contributed by atoms with E-state index in [0.29, 0.717) is 6.42 Å². The van der Waals surface area contributed by atoms with Crippen LogP contribution in [0.15, 0.2) is 0 Å². The van der Waals surface area contributed by atoms with Gasteiger partial charge in [0.25, 0.3) is 5.92 Å². The third kappa shape index (κ3) is 2.40. The maximum absolute atomic E-state index is 13.1. The Labute approximate surface area is 67.0 Å². The second kappa shape index (κ2) is 4.00. The Hall–Kier alpha value is -0.180. The summed E-state index contributed by atoms with van der Waals surface area (Å²) < 4.78 is 26.3. The summed E-state index contributed by atoms with van der Waals surface area (Å²) in [5, 5.41) is 0.